The molecule has 1 atom stereocenters. The Bertz CT molecular complexity index is 1550. The first-order valence-corrected chi connectivity index (χ1v) is 15.0. The molecule has 0 saturated heterocycles. The fourth-order valence-corrected chi connectivity index (χ4v) is 6.98. The number of aliphatic hydroxyl groups excluding tert-OH is 1. The number of Topliss-reactive ketones (excluding diaryl/α,β-unsaturated/α-hetero) is 1. The lowest BCUT2D eigenvalue weighted by Gasteiger charge is -2.24. The number of nitrogens with zero attached hydrogens (tertiary/aromatic N) is 4. The fraction of sp³-hybridized carbons (Fsp3) is 0.250. The summed E-state index contributed by atoms with van der Waals surface area (Å²) in [6.45, 7) is 6.11. The largest absolute Gasteiger partial charge is 0.503 e. The van der Waals surface area contributed by atoms with Crippen LogP contribution in [0, 0.1) is 13.8 Å². The summed E-state index contributed by atoms with van der Waals surface area (Å²) < 4.78 is 6.50. The van der Waals surface area contributed by atoms with Gasteiger partial charge in [-0.15, -0.1) is 21.5 Å². The molecule has 5 rings (SSSR count). The number of thioether (sulfide) groups is 1. The van der Waals surface area contributed by atoms with Crippen LogP contribution in [-0.2, 0) is 10.5 Å². The molecule has 1 aliphatic heterocycles. The number of ketones is 1. The van der Waals surface area contributed by atoms with E-state index in [1.165, 1.54) is 39.3 Å². The molecule has 1 N–H and O–H groups in total. The number of hydrogen-bond acceptors (Lipinski definition) is 10. The standard InChI is InChI=1S/C28H26N4O4S3/c1-4-13-36-20-12-8-11-19(14-20)22-21(23(33)25-16(2)29-17(3)38-25)24(34)26(35)32(22)27-30-31-28(39-27)37-15-18-9-6-5-7-10-18/h5-12,14,22,34H,4,13,15H2,1-3H3. The number of amides is 1. The summed E-state index contributed by atoms with van der Waals surface area (Å²) in [7, 11) is 0. The van der Waals surface area contributed by atoms with E-state index in [-0.39, 0.29) is 5.57 Å². The number of aromatic nitrogens is 3. The molecule has 8 nitrogen and oxygen atoms in total. The molecule has 3 heterocycles. The van der Waals surface area contributed by atoms with Crippen molar-refractivity contribution in [3.63, 3.8) is 0 Å². The van der Waals surface area contributed by atoms with E-state index in [2.05, 4.69) is 15.2 Å². The molecule has 200 valence electrons. The first-order valence-electron chi connectivity index (χ1n) is 12.4. The molecule has 1 amide bonds. The molecule has 0 saturated carbocycles. The van der Waals surface area contributed by atoms with Gasteiger partial charge in [0.2, 0.25) is 10.9 Å². The molecule has 0 bridgehead atoms. The van der Waals surface area contributed by atoms with Crippen molar-refractivity contribution >= 4 is 51.3 Å². The minimum Gasteiger partial charge on any atom is -0.503 e. The average molecular weight is 579 g/mol. The highest BCUT2D eigenvalue weighted by atomic mass is 32.2. The van der Waals surface area contributed by atoms with Gasteiger partial charge in [-0.1, -0.05) is 72.5 Å². The normalized spacial score (nSPS) is 15.3. The number of anilines is 1. The van der Waals surface area contributed by atoms with Crippen LogP contribution in [0.4, 0.5) is 5.13 Å². The highest BCUT2D eigenvalue weighted by molar-refractivity contribution is 8.00. The minimum absolute atomic E-state index is 0.00641. The number of aliphatic hydroxyl groups is 1. The number of benzene rings is 2. The van der Waals surface area contributed by atoms with Crippen LogP contribution in [-0.4, -0.2) is 38.6 Å². The van der Waals surface area contributed by atoms with Gasteiger partial charge in [-0.3, -0.25) is 14.5 Å². The van der Waals surface area contributed by atoms with Gasteiger partial charge in [0.05, 0.1) is 33.8 Å². The molecule has 0 fully saturated rings. The van der Waals surface area contributed by atoms with Crippen LogP contribution in [0.15, 0.2) is 70.3 Å². The van der Waals surface area contributed by atoms with Crippen LogP contribution in [0.5, 0.6) is 5.75 Å². The molecule has 1 unspecified atom stereocenters. The van der Waals surface area contributed by atoms with Crippen molar-refractivity contribution in [1.29, 1.82) is 0 Å². The summed E-state index contributed by atoms with van der Waals surface area (Å²) in [4.78, 5) is 33.5. The number of rotatable bonds is 10. The zero-order valence-corrected chi connectivity index (χ0v) is 24.0. The van der Waals surface area contributed by atoms with Gasteiger partial charge in [0.1, 0.15) is 5.75 Å². The lowest BCUT2D eigenvalue weighted by Crippen LogP contribution is -2.31. The van der Waals surface area contributed by atoms with Crippen molar-refractivity contribution in [1.82, 2.24) is 15.2 Å². The van der Waals surface area contributed by atoms with Crippen LogP contribution in [0.1, 0.15) is 50.9 Å². The van der Waals surface area contributed by atoms with Crippen molar-refractivity contribution in [3.8, 4) is 5.75 Å². The maximum atomic E-state index is 13.8. The zero-order chi connectivity index (χ0) is 27.5. The Morgan fingerprint density at radius 3 is 2.62 bits per heavy atom. The Balaban J connectivity index is 1.53. The second-order valence-corrected chi connectivity index (χ2v) is 12.2. The van der Waals surface area contributed by atoms with Gasteiger partial charge in [0.15, 0.2) is 10.1 Å². The van der Waals surface area contributed by atoms with Gasteiger partial charge < -0.3 is 9.84 Å². The number of hydrogen-bond donors (Lipinski definition) is 1. The first-order chi connectivity index (χ1) is 18.9. The highest BCUT2D eigenvalue weighted by Gasteiger charge is 2.46. The summed E-state index contributed by atoms with van der Waals surface area (Å²) in [5, 5.41) is 20.7. The third kappa shape index (κ3) is 5.61. The predicted octanol–water partition coefficient (Wildman–Crippen LogP) is 6.48. The van der Waals surface area contributed by atoms with Gasteiger partial charge in [-0.25, -0.2) is 4.98 Å². The Morgan fingerprint density at radius 2 is 1.90 bits per heavy atom. The lowest BCUT2D eigenvalue weighted by molar-refractivity contribution is -0.117. The van der Waals surface area contributed by atoms with Crippen molar-refractivity contribution < 1.29 is 19.4 Å². The van der Waals surface area contributed by atoms with Gasteiger partial charge in [0, 0.05) is 5.75 Å². The molecule has 0 radical (unpaired) electrons. The summed E-state index contributed by atoms with van der Waals surface area (Å²) in [6, 6.07) is 16.3. The number of carbonyl (C=O) groups is 2. The molecule has 2 aromatic carbocycles. The second kappa shape index (κ2) is 11.7. The predicted molar refractivity (Wildman–Crippen MR) is 154 cm³/mol. The monoisotopic (exact) mass is 578 g/mol. The third-order valence-electron chi connectivity index (χ3n) is 6.02. The molecule has 1 aliphatic rings. The smallest absolute Gasteiger partial charge is 0.296 e. The molecule has 0 aliphatic carbocycles. The molecule has 0 spiro atoms. The van der Waals surface area contributed by atoms with Crippen molar-refractivity contribution in [2.45, 2.75) is 43.3 Å². The lowest BCUT2D eigenvalue weighted by atomic mass is 9.95. The van der Waals surface area contributed by atoms with Crippen LogP contribution in [0.3, 0.4) is 0 Å². The van der Waals surface area contributed by atoms with Crippen LogP contribution < -0.4 is 9.64 Å². The first kappa shape index (κ1) is 27.0. The minimum atomic E-state index is -0.906. The third-order valence-corrected chi connectivity index (χ3v) is 9.21. The van der Waals surface area contributed by atoms with Crippen molar-refractivity contribution in [2.24, 2.45) is 0 Å². The Kier molecular flexibility index (Phi) is 8.10. The fourth-order valence-electron chi connectivity index (χ4n) is 4.29. The maximum absolute atomic E-state index is 13.8. The van der Waals surface area contributed by atoms with E-state index < -0.39 is 23.5 Å². The Morgan fingerprint density at radius 1 is 1.10 bits per heavy atom. The average Bonchev–Trinajstić information content (AvgIpc) is 3.62. The Labute approximate surface area is 238 Å². The van der Waals surface area contributed by atoms with Gasteiger partial charge in [-0.2, -0.15) is 0 Å². The van der Waals surface area contributed by atoms with E-state index >= 15 is 0 Å². The van der Waals surface area contributed by atoms with E-state index in [1.54, 1.807) is 13.0 Å². The van der Waals surface area contributed by atoms with E-state index in [9.17, 15) is 14.7 Å². The zero-order valence-electron chi connectivity index (χ0n) is 21.6. The van der Waals surface area contributed by atoms with Crippen LogP contribution >= 0.6 is 34.4 Å². The molecular formula is C28H26N4O4S3. The molecule has 2 aromatic heterocycles. The van der Waals surface area contributed by atoms with E-state index in [0.717, 1.165) is 17.0 Å². The van der Waals surface area contributed by atoms with Crippen molar-refractivity contribution in [2.75, 3.05) is 11.5 Å². The van der Waals surface area contributed by atoms with Gasteiger partial charge in [0.25, 0.3) is 5.91 Å². The summed E-state index contributed by atoms with van der Waals surface area (Å²) in [5.41, 5.74) is 2.31. The van der Waals surface area contributed by atoms with E-state index in [4.69, 9.17) is 4.74 Å². The Hall–Kier alpha value is -3.54. The van der Waals surface area contributed by atoms with Crippen molar-refractivity contribution in [3.05, 3.63) is 92.6 Å². The van der Waals surface area contributed by atoms with E-state index in [1.807, 2.05) is 62.4 Å². The quantitative estimate of drug-likeness (QED) is 0.130. The van der Waals surface area contributed by atoms with Gasteiger partial charge in [-0.05, 0) is 43.5 Å². The topological polar surface area (TPSA) is 106 Å². The summed E-state index contributed by atoms with van der Waals surface area (Å²) in [5.74, 6) is -0.413. The number of ether oxygens (including phenoxy) is 1. The van der Waals surface area contributed by atoms with E-state index in [0.29, 0.717) is 43.7 Å². The second-order valence-electron chi connectivity index (χ2n) is 8.86. The number of carbonyl (C=O) groups excluding carboxylic acids is 2. The number of thiazole rings is 1. The van der Waals surface area contributed by atoms with Crippen LogP contribution in [0.25, 0.3) is 0 Å². The summed E-state index contributed by atoms with van der Waals surface area (Å²) in [6.07, 6.45) is 0.834. The highest BCUT2D eigenvalue weighted by Crippen LogP contribution is 2.45. The SMILES string of the molecule is CCCOc1cccc(C2C(C(=O)c3sc(C)nc3C)=C(O)C(=O)N2c2nnc(SCc3ccccc3)s2)c1. The molecular weight excluding hydrogens is 553 g/mol. The molecule has 4 aromatic rings. The molecule has 11 heteroatoms. The summed E-state index contributed by atoms with van der Waals surface area (Å²) >= 11 is 3.99. The van der Waals surface area contributed by atoms with Crippen LogP contribution in [0.2, 0.25) is 0 Å². The number of aryl methyl sites for hydroxylation is 2. The van der Waals surface area contributed by atoms with Gasteiger partial charge >= 0.3 is 0 Å². The maximum Gasteiger partial charge on any atom is 0.296 e. The molecule has 39 heavy (non-hydrogen) atoms.